The number of anilines is 1. The third-order valence-electron chi connectivity index (χ3n) is 4.92. The topological polar surface area (TPSA) is 89.2 Å². The van der Waals surface area contributed by atoms with Crippen LogP contribution in [0.1, 0.15) is 24.0 Å². The Bertz CT molecular complexity index is 865. The molecule has 7 nitrogen and oxygen atoms in total. The van der Waals surface area contributed by atoms with Crippen molar-refractivity contribution in [2.24, 2.45) is 10.7 Å². The normalized spacial score (nSPS) is 14.2. The average Bonchev–Trinajstić information content (AvgIpc) is 3.18. The molecular weight excluding hydrogens is 368 g/mol. The molecule has 3 N–H and O–H groups in total. The molecule has 7 heteroatoms. The largest absolute Gasteiger partial charge is 0.493 e. The van der Waals surface area contributed by atoms with Crippen LogP contribution in [0.5, 0.6) is 11.5 Å². The van der Waals surface area contributed by atoms with E-state index in [1.54, 1.807) is 14.2 Å². The molecule has 0 atom stereocenters. The summed E-state index contributed by atoms with van der Waals surface area (Å²) in [6.07, 6.45) is 2.35. The van der Waals surface area contributed by atoms with E-state index >= 15 is 0 Å². The van der Waals surface area contributed by atoms with Crippen molar-refractivity contribution in [3.63, 3.8) is 0 Å². The van der Waals surface area contributed by atoms with Crippen LogP contribution < -0.4 is 25.4 Å². The van der Waals surface area contributed by atoms with Gasteiger partial charge in [0.05, 0.1) is 20.8 Å². The van der Waals surface area contributed by atoms with Crippen LogP contribution in [0.4, 0.5) is 5.69 Å². The van der Waals surface area contributed by atoms with E-state index in [1.165, 1.54) is 0 Å². The highest BCUT2D eigenvalue weighted by atomic mass is 16.5. The van der Waals surface area contributed by atoms with E-state index in [2.05, 4.69) is 10.3 Å². The van der Waals surface area contributed by atoms with Crippen LogP contribution >= 0.6 is 0 Å². The number of carbonyl (C=O) groups is 1. The van der Waals surface area contributed by atoms with Gasteiger partial charge in [-0.05, 0) is 48.2 Å². The Labute approximate surface area is 171 Å². The molecule has 3 rings (SSSR count). The molecule has 2 aromatic rings. The Morgan fingerprint density at radius 1 is 1.10 bits per heavy atom. The van der Waals surface area contributed by atoms with Crippen LogP contribution in [0.2, 0.25) is 0 Å². The summed E-state index contributed by atoms with van der Waals surface area (Å²) in [5, 5.41) is 3.13. The summed E-state index contributed by atoms with van der Waals surface area (Å²) in [5.41, 5.74) is 9.09. The third-order valence-corrected chi connectivity index (χ3v) is 4.92. The van der Waals surface area contributed by atoms with Crippen LogP contribution in [0.3, 0.4) is 0 Å². The summed E-state index contributed by atoms with van der Waals surface area (Å²) in [6.45, 7) is 1.96. The second-order valence-electron chi connectivity index (χ2n) is 6.88. The quantitative estimate of drug-likeness (QED) is 0.529. The number of benzene rings is 2. The minimum absolute atomic E-state index is 0.193. The Hall–Kier alpha value is -3.22. The maximum absolute atomic E-state index is 11.8. The molecule has 0 bridgehead atoms. The molecule has 0 radical (unpaired) electrons. The second-order valence-corrected chi connectivity index (χ2v) is 6.88. The van der Waals surface area contributed by atoms with Gasteiger partial charge >= 0.3 is 0 Å². The van der Waals surface area contributed by atoms with E-state index in [0.717, 1.165) is 36.2 Å². The lowest BCUT2D eigenvalue weighted by Crippen LogP contribution is -2.33. The van der Waals surface area contributed by atoms with Gasteiger partial charge in [0.1, 0.15) is 0 Å². The summed E-state index contributed by atoms with van der Waals surface area (Å²) in [6, 6.07) is 13.8. The lowest BCUT2D eigenvalue weighted by molar-refractivity contribution is -0.117. The number of methoxy groups -OCH3 is 2. The summed E-state index contributed by atoms with van der Waals surface area (Å²) in [7, 11) is 3.25. The summed E-state index contributed by atoms with van der Waals surface area (Å²) >= 11 is 0. The minimum Gasteiger partial charge on any atom is -0.493 e. The van der Waals surface area contributed by atoms with Gasteiger partial charge in [-0.2, -0.15) is 0 Å². The molecule has 0 aromatic heterocycles. The van der Waals surface area contributed by atoms with Crippen molar-refractivity contribution in [2.75, 3.05) is 32.2 Å². The van der Waals surface area contributed by atoms with Gasteiger partial charge in [0.2, 0.25) is 5.91 Å². The highest BCUT2D eigenvalue weighted by Crippen LogP contribution is 2.27. The fourth-order valence-corrected chi connectivity index (χ4v) is 3.31. The Balaban J connectivity index is 1.47. The number of nitrogens with two attached hydrogens (primary N) is 1. The molecule has 29 heavy (non-hydrogen) atoms. The van der Waals surface area contributed by atoms with E-state index in [-0.39, 0.29) is 5.91 Å². The molecule has 1 aliphatic rings. The number of guanidine groups is 1. The molecule has 1 fully saturated rings. The van der Waals surface area contributed by atoms with Gasteiger partial charge in [-0.3, -0.25) is 4.79 Å². The lowest BCUT2D eigenvalue weighted by Gasteiger charge is -2.15. The van der Waals surface area contributed by atoms with Gasteiger partial charge in [-0.25, -0.2) is 4.99 Å². The highest BCUT2D eigenvalue weighted by molar-refractivity contribution is 5.95. The fourth-order valence-electron chi connectivity index (χ4n) is 3.31. The van der Waals surface area contributed by atoms with Crippen molar-refractivity contribution in [3.8, 4) is 11.5 Å². The van der Waals surface area contributed by atoms with Crippen molar-refractivity contribution in [3.05, 3.63) is 53.6 Å². The lowest BCUT2D eigenvalue weighted by atomic mass is 10.1. The first-order valence-corrected chi connectivity index (χ1v) is 9.74. The van der Waals surface area contributed by atoms with E-state index < -0.39 is 0 Å². The molecule has 0 spiro atoms. The maximum atomic E-state index is 11.8. The number of aliphatic imine (C=N–C) groups is 1. The highest BCUT2D eigenvalue weighted by Gasteiger charge is 2.21. The Kier molecular flexibility index (Phi) is 6.94. The van der Waals surface area contributed by atoms with Gasteiger partial charge in [-0.1, -0.05) is 18.2 Å². The van der Waals surface area contributed by atoms with Crippen LogP contribution in [-0.2, 0) is 17.8 Å². The zero-order chi connectivity index (χ0) is 20.6. The summed E-state index contributed by atoms with van der Waals surface area (Å²) in [5.74, 6) is 2.03. The number of rotatable bonds is 8. The average molecular weight is 396 g/mol. The monoisotopic (exact) mass is 396 g/mol. The van der Waals surface area contributed by atoms with Crippen molar-refractivity contribution in [2.45, 2.75) is 25.8 Å². The molecule has 1 saturated heterocycles. The molecule has 1 heterocycles. The third kappa shape index (κ3) is 5.40. The Morgan fingerprint density at radius 2 is 1.83 bits per heavy atom. The van der Waals surface area contributed by atoms with Crippen LogP contribution in [-0.4, -0.2) is 39.2 Å². The first kappa shape index (κ1) is 20.5. The van der Waals surface area contributed by atoms with E-state index in [4.69, 9.17) is 15.2 Å². The fraction of sp³-hybridized carbons (Fsp3) is 0.364. The van der Waals surface area contributed by atoms with Gasteiger partial charge < -0.3 is 25.4 Å². The van der Waals surface area contributed by atoms with E-state index in [0.29, 0.717) is 37.0 Å². The zero-order valence-electron chi connectivity index (χ0n) is 17.0. The molecule has 154 valence electrons. The SMILES string of the molecule is COc1ccc(CCNC(N)=NCc2ccc(N3CCCC3=O)cc2)cc1OC. The van der Waals surface area contributed by atoms with Crippen molar-refractivity contribution < 1.29 is 14.3 Å². The van der Waals surface area contributed by atoms with Crippen LogP contribution in [0.15, 0.2) is 47.5 Å². The second kappa shape index (κ2) is 9.82. The van der Waals surface area contributed by atoms with Crippen molar-refractivity contribution in [1.29, 1.82) is 0 Å². The molecular formula is C22H28N4O3. The number of nitrogens with zero attached hydrogens (tertiary/aromatic N) is 2. The van der Waals surface area contributed by atoms with Crippen molar-refractivity contribution >= 4 is 17.6 Å². The molecule has 0 saturated carbocycles. The van der Waals surface area contributed by atoms with Crippen molar-refractivity contribution in [1.82, 2.24) is 5.32 Å². The first-order chi connectivity index (χ1) is 14.1. The molecule has 2 aromatic carbocycles. The maximum Gasteiger partial charge on any atom is 0.227 e. The molecule has 1 amide bonds. The number of hydrogen-bond acceptors (Lipinski definition) is 4. The number of hydrogen-bond donors (Lipinski definition) is 2. The Morgan fingerprint density at radius 3 is 2.48 bits per heavy atom. The number of ether oxygens (including phenoxy) is 2. The number of nitrogens with one attached hydrogen (secondary N) is 1. The summed E-state index contributed by atoms with van der Waals surface area (Å²) < 4.78 is 10.6. The van der Waals surface area contributed by atoms with Gasteiger partial charge in [-0.15, -0.1) is 0 Å². The summed E-state index contributed by atoms with van der Waals surface area (Å²) in [4.78, 5) is 18.0. The van der Waals surface area contributed by atoms with Gasteiger partial charge in [0.15, 0.2) is 17.5 Å². The van der Waals surface area contributed by atoms with Gasteiger partial charge in [0.25, 0.3) is 0 Å². The molecule has 0 aliphatic carbocycles. The predicted octanol–water partition coefficient (Wildman–Crippen LogP) is 2.48. The zero-order valence-corrected chi connectivity index (χ0v) is 17.0. The first-order valence-electron chi connectivity index (χ1n) is 9.74. The van der Waals surface area contributed by atoms with E-state index in [9.17, 15) is 4.79 Å². The van der Waals surface area contributed by atoms with Crippen LogP contribution in [0.25, 0.3) is 0 Å². The van der Waals surface area contributed by atoms with Gasteiger partial charge in [0, 0.05) is 25.2 Å². The van der Waals surface area contributed by atoms with Crippen LogP contribution in [0, 0.1) is 0 Å². The standard InChI is InChI=1S/C22H28N4O3/c1-28-19-10-7-16(14-20(19)29-2)11-12-24-22(23)25-15-17-5-8-18(9-6-17)26-13-3-4-21(26)27/h5-10,14H,3-4,11-13,15H2,1-2H3,(H3,23,24,25). The molecule has 1 aliphatic heterocycles. The number of carbonyl (C=O) groups excluding carboxylic acids is 1. The van der Waals surface area contributed by atoms with E-state index in [1.807, 2.05) is 47.4 Å². The number of amides is 1. The minimum atomic E-state index is 0.193. The molecule has 0 unspecified atom stereocenters. The predicted molar refractivity (Wildman–Crippen MR) is 115 cm³/mol. The smallest absolute Gasteiger partial charge is 0.227 e.